The first-order chi connectivity index (χ1) is 15.0. The third kappa shape index (κ3) is 5.17. The normalized spacial score (nSPS) is 11.1. The molecule has 0 aliphatic rings. The molecule has 0 unspecified atom stereocenters. The van der Waals surface area contributed by atoms with E-state index in [0.717, 1.165) is 26.7 Å². The van der Waals surface area contributed by atoms with Crippen molar-refractivity contribution >= 4 is 44.4 Å². The molecule has 3 nitrogen and oxygen atoms in total. The largest absolute Gasteiger partial charge is 0.284 e. The molecule has 31 heavy (non-hydrogen) atoms. The lowest BCUT2D eigenvalue weighted by molar-refractivity contribution is -0.118. The highest BCUT2D eigenvalue weighted by Gasteiger charge is 2.21. The Labute approximate surface area is 192 Å². The predicted octanol–water partition coefficient (Wildman–Crippen LogP) is 6.94. The number of carbonyl (C=O) groups excluding carboxylic acids is 1. The molecule has 0 radical (unpaired) electrons. The molecule has 3 aromatic carbocycles. The van der Waals surface area contributed by atoms with Crippen LogP contribution in [0.15, 0.2) is 71.6 Å². The highest BCUT2D eigenvalue weighted by Crippen LogP contribution is 2.33. The van der Waals surface area contributed by atoms with Crippen LogP contribution in [-0.2, 0) is 11.3 Å². The number of thioether (sulfide) groups is 1. The van der Waals surface area contributed by atoms with E-state index in [1.165, 1.54) is 21.6 Å². The van der Waals surface area contributed by atoms with E-state index in [-0.39, 0.29) is 5.91 Å². The van der Waals surface area contributed by atoms with Crippen LogP contribution in [-0.4, -0.2) is 16.6 Å². The van der Waals surface area contributed by atoms with Crippen molar-refractivity contribution in [3.8, 4) is 0 Å². The quantitative estimate of drug-likeness (QED) is 0.288. The molecule has 0 bridgehead atoms. The summed E-state index contributed by atoms with van der Waals surface area (Å²) < 4.78 is 1.12. The standard InChI is InChI=1S/C26H26N2OS2/c1-18-9-12-22(13-10-18)30-16-15-24(29)28(17-21-7-5-4-6-8-21)26-27-25-20(3)19(2)11-14-23(25)31-26/h4-14H,15-17H2,1-3H3. The van der Waals surface area contributed by atoms with Gasteiger partial charge in [-0.15, -0.1) is 11.8 Å². The van der Waals surface area contributed by atoms with Crippen LogP contribution < -0.4 is 4.90 Å². The van der Waals surface area contributed by atoms with Crippen LogP contribution in [0.4, 0.5) is 5.13 Å². The van der Waals surface area contributed by atoms with Crippen LogP contribution in [0.2, 0.25) is 0 Å². The van der Waals surface area contributed by atoms with Gasteiger partial charge in [-0.2, -0.15) is 0 Å². The second kappa shape index (κ2) is 9.67. The van der Waals surface area contributed by atoms with E-state index in [9.17, 15) is 4.79 Å². The number of nitrogens with zero attached hydrogens (tertiary/aromatic N) is 2. The second-order valence-corrected chi connectivity index (χ2v) is 9.91. The van der Waals surface area contributed by atoms with E-state index in [0.29, 0.717) is 13.0 Å². The summed E-state index contributed by atoms with van der Waals surface area (Å²) in [6.07, 6.45) is 0.472. The fraction of sp³-hybridized carbons (Fsp3) is 0.231. The predicted molar refractivity (Wildman–Crippen MR) is 133 cm³/mol. The maximum atomic E-state index is 13.3. The number of hydrogen-bond acceptors (Lipinski definition) is 4. The molecular weight excluding hydrogens is 420 g/mol. The van der Waals surface area contributed by atoms with Crippen LogP contribution in [0.1, 0.15) is 28.7 Å². The van der Waals surface area contributed by atoms with E-state index in [4.69, 9.17) is 4.98 Å². The SMILES string of the molecule is Cc1ccc(SCCC(=O)N(Cc2ccccc2)c2nc3c(C)c(C)ccc3s2)cc1. The number of rotatable bonds is 7. The van der Waals surface area contributed by atoms with Gasteiger partial charge < -0.3 is 0 Å². The van der Waals surface area contributed by atoms with Gasteiger partial charge in [0.2, 0.25) is 5.91 Å². The Morgan fingerprint density at radius 2 is 1.71 bits per heavy atom. The van der Waals surface area contributed by atoms with Crippen molar-refractivity contribution in [3.63, 3.8) is 0 Å². The first-order valence-corrected chi connectivity index (χ1v) is 12.2. The first kappa shape index (κ1) is 21.6. The van der Waals surface area contributed by atoms with Gasteiger partial charge in [0.15, 0.2) is 5.13 Å². The average Bonchev–Trinajstić information content (AvgIpc) is 3.21. The van der Waals surface area contributed by atoms with Gasteiger partial charge in [0.25, 0.3) is 0 Å². The van der Waals surface area contributed by atoms with Crippen molar-refractivity contribution in [2.75, 3.05) is 10.7 Å². The zero-order valence-corrected chi connectivity index (χ0v) is 19.7. The maximum absolute atomic E-state index is 13.3. The molecule has 1 heterocycles. The highest BCUT2D eigenvalue weighted by atomic mass is 32.2. The van der Waals surface area contributed by atoms with Crippen LogP contribution in [0.3, 0.4) is 0 Å². The Balaban J connectivity index is 1.56. The summed E-state index contributed by atoms with van der Waals surface area (Å²) in [4.78, 5) is 21.2. The lowest BCUT2D eigenvalue weighted by Crippen LogP contribution is -2.30. The third-order valence-electron chi connectivity index (χ3n) is 5.39. The number of fused-ring (bicyclic) bond motifs is 1. The summed E-state index contributed by atoms with van der Waals surface area (Å²) in [6, 6.07) is 22.8. The van der Waals surface area contributed by atoms with Gasteiger partial charge in [0.1, 0.15) is 0 Å². The smallest absolute Gasteiger partial charge is 0.229 e. The Hall–Kier alpha value is -2.63. The summed E-state index contributed by atoms with van der Waals surface area (Å²) in [7, 11) is 0. The van der Waals surface area contributed by atoms with Gasteiger partial charge in [0, 0.05) is 17.1 Å². The average molecular weight is 447 g/mol. The maximum Gasteiger partial charge on any atom is 0.229 e. The minimum atomic E-state index is 0.108. The molecule has 0 N–H and O–H groups in total. The van der Waals surface area contributed by atoms with Crippen LogP contribution >= 0.6 is 23.1 Å². The van der Waals surface area contributed by atoms with Crippen molar-refractivity contribution in [3.05, 3.63) is 89.0 Å². The molecule has 0 atom stereocenters. The fourth-order valence-electron chi connectivity index (χ4n) is 3.38. The highest BCUT2D eigenvalue weighted by molar-refractivity contribution is 7.99. The molecule has 1 amide bonds. The molecule has 1 aromatic heterocycles. The number of amides is 1. The third-order valence-corrected chi connectivity index (χ3v) is 7.45. The Morgan fingerprint density at radius 3 is 2.45 bits per heavy atom. The van der Waals surface area contributed by atoms with E-state index >= 15 is 0 Å². The minimum absolute atomic E-state index is 0.108. The zero-order chi connectivity index (χ0) is 21.8. The zero-order valence-electron chi connectivity index (χ0n) is 18.1. The molecule has 4 aromatic rings. The van der Waals surface area contributed by atoms with Gasteiger partial charge in [-0.1, -0.05) is 65.4 Å². The summed E-state index contributed by atoms with van der Waals surface area (Å²) in [5.41, 5.74) is 5.76. The second-order valence-electron chi connectivity index (χ2n) is 7.73. The molecule has 0 saturated carbocycles. The number of thiazole rings is 1. The van der Waals surface area contributed by atoms with Crippen LogP contribution in [0.25, 0.3) is 10.2 Å². The van der Waals surface area contributed by atoms with E-state index in [1.54, 1.807) is 23.1 Å². The number of aromatic nitrogens is 1. The Bertz CT molecular complexity index is 1180. The topological polar surface area (TPSA) is 33.2 Å². The lowest BCUT2D eigenvalue weighted by Gasteiger charge is -2.20. The van der Waals surface area contributed by atoms with Crippen molar-refractivity contribution < 1.29 is 4.79 Å². The molecule has 0 aliphatic carbocycles. The first-order valence-electron chi connectivity index (χ1n) is 10.4. The number of aryl methyl sites for hydroxylation is 3. The number of benzene rings is 3. The van der Waals surface area contributed by atoms with Gasteiger partial charge in [-0.3, -0.25) is 9.69 Å². The summed E-state index contributed by atoms with van der Waals surface area (Å²) in [5, 5.41) is 0.776. The van der Waals surface area contributed by atoms with Gasteiger partial charge >= 0.3 is 0 Å². The van der Waals surface area contributed by atoms with E-state index in [2.05, 4.69) is 69.3 Å². The van der Waals surface area contributed by atoms with Gasteiger partial charge in [-0.25, -0.2) is 4.98 Å². The number of anilines is 1. The minimum Gasteiger partial charge on any atom is -0.284 e. The van der Waals surface area contributed by atoms with Gasteiger partial charge in [0.05, 0.1) is 16.8 Å². The molecule has 158 valence electrons. The Kier molecular flexibility index (Phi) is 6.73. The molecular formula is C26H26N2OS2. The molecule has 0 saturated heterocycles. The molecule has 5 heteroatoms. The molecule has 0 spiro atoms. The number of hydrogen-bond donors (Lipinski definition) is 0. The van der Waals surface area contributed by atoms with Gasteiger partial charge in [-0.05, 0) is 55.7 Å². The van der Waals surface area contributed by atoms with Crippen LogP contribution in [0.5, 0.6) is 0 Å². The van der Waals surface area contributed by atoms with Crippen molar-refractivity contribution in [1.29, 1.82) is 0 Å². The summed E-state index contributed by atoms with van der Waals surface area (Å²) in [6.45, 7) is 6.82. The molecule has 0 aliphatic heterocycles. The summed E-state index contributed by atoms with van der Waals surface area (Å²) in [5.74, 6) is 0.854. The van der Waals surface area contributed by atoms with Crippen molar-refractivity contribution in [2.45, 2.75) is 38.6 Å². The Morgan fingerprint density at radius 1 is 0.968 bits per heavy atom. The summed E-state index contributed by atoms with van der Waals surface area (Å²) >= 11 is 3.32. The molecule has 0 fully saturated rings. The van der Waals surface area contributed by atoms with Crippen molar-refractivity contribution in [1.82, 2.24) is 4.98 Å². The fourth-order valence-corrected chi connectivity index (χ4v) is 5.27. The monoisotopic (exact) mass is 446 g/mol. The van der Waals surface area contributed by atoms with E-state index in [1.807, 2.05) is 23.1 Å². The molecule has 4 rings (SSSR count). The number of carbonyl (C=O) groups is 1. The lowest BCUT2D eigenvalue weighted by atomic mass is 10.1. The van der Waals surface area contributed by atoms with Crippen LogP contribution in [0, 0.1) is 20.8 Å². The van der Waals surface area contributed by atoms with E-state index < -0.39 is 0 Å². The van der Waals surface area contributed by atoms with Crippen molar-refractivity contribution in [2.24, 2.45) is 0 Å².